The quantitative estimate of drug-likeness (QED) is 0.575. The Kier molecular flexibility index (Phi) is 2.15. The average molecular weight is 184 g/mol. The van der Waals surface area contributed by atoms with Crippen molar-refractivity contribution in [2.24, 2.45) is 0 Å². The molecule has 0 spiro atoms. The van der Waals surface area contributed by atoms with Crippen LogP contribution in [-0.2, 0) is 11.2 Å². The van der Waals surface area contributed by atoms with Crippen molar-refractivity contribution in [2.45, 2.75) is 31.3 Å². The van der Waals surface area contributed by atoms with E-state index in [2.05, 4.69) is 12.6 Å². The Morgan fingerprint density at radius 1 is 1.50 bits per heavy atom. The van der Waals surface area contributed by atoms with Crippen molar-refractivity contribution < 1.29 is 9.15 Å². The molecule has 1 aliphatic heterocycles. The fourth-order valence-corrected chi connectivity index (χ4v) is 1.55. The molecule has 2 atom stereocenters. The molecule has 66 valence electrons. The highest BCUT2D eigenvalue weighted by Gasteiger charge is 2.34. The molecular weight excluding hydrogens is 172 g/mol. The molecule has 0 amide bonds. The third kappa shape index (κ3) is 1.84. The van der Waals surface area contributed by atoms with E-state index < -0.39 is 0 Å². The summed E-state index contributed by atoms with van der Waals surface area (Å²) < 4.78 is 10.6. The summed E-state index contributed by atoms with van der Waals surface area (Å²) in [4.78, 5) is 0. The molecule has 2 nitrogen and oxygen atoms in total. The van der Waals surface area contributed by atoms with Gasteiger partial charge in [0, 0.05) is 6.42 Å². The van der Waals surface area contributed by atoms with E-state index in [-0.39, 0.29) is 5.44 Å². The molecule has 1 aromatic rings. The molecule has 0 saturated carbocycles. The van der Waals surface area contributed by atoms with Crippen molar-refractivity contribution >= 4 is 12.6 Å². The Morgan fingerprint density at radius 2 is 2.25 bits per heavy atom. The van der Waals surface area contributed by atoms with E-state index in [1.807, 2.05) is 19.1 Å². The molecule has 2 unspecified atom stereocenters. The highest BCUT2D eigenvalue weighted by atomic mass is 32.1. The summed E-state index contributed by atoms with van der Waals surface area (Å²) in [5.41, 5.74) is 0.168. The highest BCUT2D eigenvalue weighted by molar-refractivity contribution is 7.81. The topological polar surface area (TPSA) is 25.7 Å². The van der Waals surface area contributed by atoms with E-state index in [0.717, 1.165) is 24.4 Å². The normalized spacial score (nSPS) is 27.5. The summed E-state index contributed by atoms with van der Waals surface area (Å²) in [6.45, 7) is 1.96. The van der Waals surface area contributed by atoms with E-state index in [1.165, 1.54) is 0 Å². The van der Waals surface area contributed by atoms with Crippen LogP contribution in [0.2, 0.25) is 0 Å². The van der Waals surface area contributed by atoms with Crippen LogP contribution in [-0.4, -0.2) is 11.5 Å². The van der Waals surface area contributed by atoms with Crippen molar-refractivity contribution in [3.05, 3.63) is 23.7 Å². The van der Waals surface area contributed by atoms with Crippen LogP contribution in [0.3, 0.4) is 0 Å². The van der Waals surface area contributed by atoms with E-state index in [9.17, 15) is 0 Å². The standard InChI is InChI=1S/C9H12O2S/c1-6-2-3-7(10-6)4-5-8-9(12)11-8/h2-3,8-9,12H,4-5H2,1H3. The molecule has 3 heteroatoms. The Balaban J connectivity index is 1.80. The first-order valence-electron chi connectivity index (χ1n) is 4.14. The van der Waals surface area contributed by atoms with Crippen LogP contribution >= 0.6 is 12.6 Å². The summed E-state index contributed by atoms with van der Waals surface area (Å²) in [7, 11) is 0. The maximum Gasteiger partial charge on any atom is 0.127 e. The third-order valence-electron chi connectivity index (χ3n) is 2.03. The average Bonchev–Trinajstić information content (AvgIpc) is 2.56. The SMILES string of the molecule is Cc1ccc(CCC2OC2S)o1. The Bertz CT molecular complexity index is 269. The van der Waals surface area contributed by atoms with E-state index in [0.29, 0.717) is 6.10 Å². The number of hydrogen-bond acceptors (Lipinski definition) is 3. The summed E-state index contributed by atoms with van der Waals surface area (Å²) in [5.74, 6) is 2.02. The second-order valence-corrected chi connectivity index (χ2v) is 3.63. The first-order chi connectivity index (χ1) is 5.75. The Hall–Kier alpha value is -0.410. The zero-order valence-electron chi connectivity index (χ0n) is 6.99. The molecule has 1 saturated heterocycles. The van der Waals surface area contributed by atoms with Crippen molar-refractivity contribution in [2.75, 3.05) is 0 Å². The molecule has 1 fully saturated rings. The number of thiol groups is 1. The first kappa shape index (κ1) is 8.20. The summed E-state index contributed by atoms with van der Waals surface area (Å²) in [6.07, 6.45) is 2.31. The van der Waals surface area contributed by atoms with Crippen LogP contribution in [0.4, 0.5) is 0 Å². The van der Waals surface area contributed by atoms with Crippen LogP contribution in [0.25, 0.3) is 0 Å². The maximum absolute atomic E-state index is 5.42. The largest absolute Gasteiger partial charge is 0.466 e. The number of furan rings is 1. The molecule has 0 bridgehead atoms. The van der Waals surface area contributed by atoms with Gasteiger partial charge in [0.1, 0.15) is 17.0 Å². The van der Waals surface area contributed by atoms with Gasteiger partial charge in [0.05, 0.1) is 6.10 Å². The molecule has 0 radical (unpaired) electrons. The zero-order valence-corrected chi connectivity index (χ0v) is 7.88. The van der Waals surface area contributed by atoms with Gasteiger partial charge in [-0.1, -0.05) is 0 Å². The highest BCUT2D eigenvalue weighted by Crippen LogP contribution is 2.29. The van der Waals surface area contributed by atoms with E-state index >= 15 is 0 Å². The van der Waals surface area contributed by atoms with Crippen LogP contribution in [0.1, 0.15) is 17.9 Å². The molecule has 2 heterocycles. The van der Waals surface area contributed by atoms with Gasteiger partial charge in [0.25, 0.3) is 0 Å². The van der Waals surface area contributed by atoms with Gasteiger partial charge in [0.15, 0.2) is 0 Å². The van der Waals surface area contributed by atoms with Crippen molar-refractivity contribution in [1.29, 1.82) is 0 Å². The zero-order chi connectivity index (χ0) is 8.55. The number of ether oxygens (including phenoxy) is 1. The number of rotatable bonds is 3. The molecule has 2 rings (SSSR count). The lowest BCUT2D eigenvalue weighted by Gasteiger charge is -1.92. The van der Waals surface area contributed by atoms with Gasteiger partial charge in [-0.05, 0) is 25.5 Å². The van der Waals surface area contributed by atoms with Gasteiger partial charge < -0.3 is 9.15 Å². The van der Waals surface area contributed by atoms with Gasteiger partial charge in [-0.3, -0.25) is 0 Å². The minimum absolute atomic E-state index is 0.168. The Labute approximate surface area is 77.3 Å². The van der Waals surface area contributed by atoms with E-state index in [1.54, 1.807) is 0 Å². The minimum atomic E-state index is 0.168. The smallest absolute Gasteiger partial charge is 0.127 e. The predicted molar refractivity (Wildman–Crippen MR) is 49.4 cm³/mol. The van der Waals surface area contributed by atoms with Crippen molar-refractivity contribution in [3.8, 4) is 0 Å². The van der Waals surface area contributed by atoms with Gasteiger partial charge in [-0.15, -0.1) is 12.6 Å². The van der Waals surface area contributed by atoms with Crippen LogP contribution in [0, 0.1) is 6.92 Å². The number of hydrogen-bond donors (Lipinski definition) is 1. The lowest BCUT2D eigenvalue weighted by atomic mass is 10.2. The maximum atomic E-state index is 5.42. The van der Waals surface area contributed by atoms with Crippen LogP contribution in [0.5, 0.6) is 0 Å². The fraction of sp³-hybridized carbons (Fsp3) is 0.556. The second-order valence-electron chi connectivity index (χ2n) is 3.12. The fourth-order valence-electron chi connectivity index (χ4n) is 1.25. The van der Waals surface area contributed by atoms with Gasteiger partial charge in [-0.25, -0.2) is 0 Å². The first-order valence-corrected chi connectivity index (χ1v) is 4.66. The summed E-state index contributed by atoms with van der Waals surface area (Å²) >= 11 is 4.17. The molecule has 0 N–H and O–H groups in total. The molecule has 0 aromatic carbocycles. The van der Waals surface area contributed by atoms with Gasteiger partial charge in [-0.2, -0.15) is 0 Å². The molecule has 0 aliphatic carbocycles. The number of aryl methyl sites for hydroxylation is 2. The van der Waals surface area contributed by atoms with Crippen molar-refractivity contribution in [1.82, 2.24) is 0 Å². The monoisotopic (exact) mass is 184 g/mol. The van der Waals surface area contributed by atoms with Gasteiger partial charge in [0.2, 0.25) is 0 Å². The molecule has 1 aliphatic rings. The lowest BCUT2D eigenvalue weighted by Crippen LogP contribution is -1.91. The van der Waals surface area contributed by atoms with Gasteiger partial charge >= 0.3 is 0 Å². The number of epoxide rings is 1. The molecule has 12 heavy (non-hydrogen) atoms. The van der Waals surface area contributed by atoms with E-state index in [4.69, 9.17) is 9.15 Å². The summed E-state index contributed by atoms with van der Waals surface area (Å²) in [6, 6.07) is 4.01. The molecular formula is C9H12O2S. The second kappa shape index (κ2) is 3.15. The lowest BCUT2D eigenvalue weighted by molar-refractivity contribution is 0.380. The summed E-state index contributed by atoms with van der Waals surface area (Å²) in [5, 5.41) is 0. The van der Waals surface area contributed by atoms with Crippen LogP contribution in [0.15, 0.2) is 16.5 Å². The molecule has 1 aromatic heterocycles. The van der Waals surface area contributed by atoms with Crippen LogP contribution < -0.4 is 0 Å². The Morgan fingerprint density at radius 3 is 2.75 bits per heavy atom. The third-order valence-corrected chi connectivity index (χ3v) is 2.48. The predicted octanol–water partition coefficient (Wildman–Crippen LogP) is 2.18. The van der Waals surface area contributed by atoms with Crippen molar-refractivity contribution in [3.63, 3.8) is 0 Å². The minimum Gasteiger partial charge on any atom is -0.466 e.